The third-order valence-electron chi connectivity index (χ3n) is 4.35. The molecular formula is C22H19ClN4O4. The topological polar surface area (TPSA) is 94.8 Å². The fourth-order valence-electron chi connectivity index (χ4n) is 2.81. The number of aromatic nitrogens is 2. The van der Waals surface area contributed by atoms with E-state index in [1.807, 2.05) is 0 Å². The molecular weight excluding hydrogens is 420 g/mol. The quantitative estimate of drug-likeness (QED) is 0.408. The molecule has 0 aliphatic carbocycles. The Balaban J connectivity index is 1.38. The number of benzene rings is 1. The van der Waals surface area contributed by atoms with E-state index >= 15 is 0 Å². The summed E-state index contributed by atoms with van der Waals surface area (Å²) >= 11 is 5.87. The van der Waals surface area contributed by atoms with Gasteiger partial charge in [-0.3, -0.25) is 9.48 Å². The lowest BCUT2D eigenvalue weighted by molar-refractivity contribution is 0.0939. The largest absolute Gasteiger partial charge is 0.486 e. The Kier molecular flexibility index (Phi) is 6.18. The zero-order chi connectivity index (χ0) is 21.6. The minimum absolute atomic E-state index is 0.267. The van der Waals surface area contributed by atoms with Crippen LogP contribution in [0.4, 0.5) is 5.69 Å². The number of hydrogen-bond acceptors (Lipinski definition) is 6. The second-order valence-electron chi connectivity index (χ2n) is 6.57. The van der Waals surface area contributed by atoms with Crippen molar-refractivity contribution in [3.63, 3.8) is 0 Å². The number of hydrogen-bond donors (Lipinski definition) is 1. The van der Waals surface area contributed by atoms with Gasteiger partial charge in [-0.1, -0.05) is 11.6 Å². The standard InChI is InChI=1S/C22H19ClN4O4/c1-27-21(22(28)25-11-17-3-2-10-29-17)20(13-26-27)24-12-18-8-9-19(31-18)14-30-16-6-4-15(23)5-7-16/h2-10,12-13H,11,14H2,1H3,(H,25,28). The minimum atomic E-state index is -0.306. The van der Waals surface area contributed by atoms with Gasteiger partial charge in [-0.25, -0.2) is 4.99 Å². The number of aliphatic imine (C=N–C) groups is 1. The number of carbonyl (C=O) groups excluding carboxylic acids is 1. The van der Waals surface area contributed by atoms with Crippen LogP contribution in [0.1, 0.15) is 27.8 Å². The van der Waals surface area contributed by atoms with Gasteiger partial charge in [0.05, 0.1) is 25.2 Å². The maximum atomic E-state index is 12.6. The maximum absolute atomic E-state index is 12.6. The summed E-state index contributed by atoms with van der Waals surface area (Å²) in [6.07, 6.45) is 4.61. The molecule has 0 unspecified atom stereocenters. The van der Waals surface area contributed by atoms with Crippen molar-refractivity contribution in [2.24, 2.45) is 12.0 Å². The molecule has 0 spiro atoms. The molecule has 4 aromatic rings. The maximum Gasteiger partial charge on any atom is 0.272 e. The first kappa shape index (κ1) is 20.5. The Hall–Kier alpha value is -3.78. The molecule has 1 aromatic carbocycles. The highest BCUT2D eigenvalue weighted by atomic mass is 35.5. The monoisotopic (exact) mass is 438 g/mol. The van der Waals surface area contributed by atoms with Crippen LogP contribution >= 0.6 is 11.6 Å². The molecule has 0 radical (unpaired) electrons. The second-order valence-corrected chi connectivity index (χ2v) is 7.01. The van der Waals surface area contributed by atoms with E-state index in [0.29, 0.717) is 39.4 Å². The lowest BCUT2D eigenvalue weighted by Gasteiger charge is -2.04. The lowest BCUT2D eigenvalue weighted by atomic mass is 10.3. The number of carbonyl (C=O) groups is 1. The smallest absolute Gasteiger partial charge is 0.272 e. The van der Waals surface area contributed by atoms with Crippen molar-refractivity contribution in [1.82, 2.24) is 15.1 Å². The van der Waals surface area contributed by atoms with E-state index in [0.717, 1.165) is 0 Å². The molecule has 0 aliphatic rings. The molecule has 3 heterocycles. The average Bonchev–Trinajstić information content (AvgIpc) is 3.52. The first-order valence-corrected chi connectivity index (χ1v) is 9.80. The van der Waals surface area contributed by atoms with Crippen molar-refractivity contribution in [3.8, 4) is 5.75 Å². The summed E-state index contributed by atoms with van der Waals surface area (Å²) in [6.45, 7) is 0.540. The van der Waals surface area contributed by atoms with E-state index in [2.05, 4.69) is 15.4 Å². The molecule has 9 heteroatoms. The molecule has 0 atom stereocenters. The zero-order valence-electron chi connectivity index (χ0n) is 16.6. The van der Waals surface area contributed by atoms with Crippen molar-refractivity contribution in [2.75, 3.05) is 0 Å². The summed E-state index contributed by atoms with van der Waals surface area (Å²) in [4.78, 5) is 16.9. The van der Waals surface area contributed by atoms with Crippen LogP contribution in [0.2, 0.25) is 5.02 Å². The molecule has 1 N–H and O–H groups in total. The summed E-state index contributed by atoms with van der Waals surface area (Å²) < 4.78 is 18.1. The van der Waals surface area contributed by atoms with Gasteiger partial charge in [0.1, 0.15) is 35.3 Å². The number of halogens is 1. The van der Waals surface area contributed by atoms with Crippen LogP contribution in [0.3, 0.4) is 0 Å². The SMILES string of the molecule is Cn1ncc(N=Cc2ccc(COc3ccc(Cl)cc3)o2)c1C(=O)NCc1ccco1. The minimum Gasteiger partial charge on any atom is -0.486 e. The number of rotatable bonds is 8. The van der Waals surface area contributed by atoms with Gasteiger partial charge in [-0.15, -0.1) is 0 Å². The molecule has 1 amide bonds. The van der Waals surface area contributed by atoms with E-state index in [1.54, 1.807) is 61.8 Å². The van der Waals surface area contributed by atoms with Crippen LogP contribution in [0, 0.1) is 0 Å². The highest BCUT2D eigenvalue weighted by Gasteiger charge is 2.16. The van der Waals surface area contributed by atoms with Crippen LogP contribution in [0.15, 0.2) is 74.8 Å². The van der Waals surface area contributed by atoms with Crippen LogP contribution in [0.25, 0.3) is 0 Å². The van der Waals surface area contributed by atoms with Crippen molar-refractivity contribution in [2.45, 2.75) is 13.2 Å². The van der Waals surface area contributed by atoms with Crippen molar-refractivity contribution >= 4 is 29.4 Å². The molecule has 8 nitrogen and oxygen atoms in total. The van der Waals surface area contributed by atoms with Gasteiger partial charge >= 0.3 is 0 Å². The van der Waals surface area contributed by atoms with Crippen molar-refractivity contribution in [1.29, 1.82) is 0 Å². The van der Waals surface area contributed by atoms with Crippen molar-refractivity contribution in [3.05, 3.63) is 89.0 Å². The van der Waals surface area contributed by atoms with E-state index < -0.39 is 0 Å². The van der Waals surface area contributed by atoms with Crippen LogP contribution in [-0.2, 0) is 20.2 Å². The molecule has 31 heavy (non-hydrogen) atoms. The van der Waals surface area contributed by atoms with Crippen LogP contribution in [-0.4, -0.2) is 21.9 Å². The molecule has 0 fully saturated rings. The van der Waals surface area contributed by atoms with Gasteiger partial charge in [0.2, 0.25) is 0 Å². The van der Waals surface area contributed by atoms with E-state index in [9.17, 15) is 4.79 Å². The molecule has 0 saturated carbocycles. The Labute approximate surface area is 183 Å². The summed E-state index contributed by atoms with van der Waals surface area (Å²) in [5.74, 6) is 2.21. The van der Waals surface area contributed by atoms with E-state index in [1.165, 1.54) is 17.1 Å². The number of nitrogens with zero attached hydrogens (tertiary/aromatic N) is 3. The average molecular weight is 439 g/mol. The number of aryl methyl sites for hydroxylation is 1. The Bertz CT molecular complexity index is 1180. The third kappa shape index (κ3) is 5.23. The number of furan rings is 2. The van der Waals surface area contributed by atoms with Gasteiger partial charge < -0.3 is 18.9 Å². The van der Waals surface area contributed by atoms with Gasteiger partial charge in [0.25, 0.3) is 5.91 Å². The predicted octanol–water partition coefficient (Wildman–Crippen LogP) is 4.52. The predicted molar refractivity (Wildman–Crippen MR) is 115 cm³/mol. The summed E-state index contributed by atoms with van der Waals surface area (Å²) in [6, 6.07) is 14.2. The fraction of sp³-hybridized carbons (Fsp3) is 0.136. The molecule has 0 bridgehead atoms. The summed E-state index contributed by atoms with van der Waals surface area (Å²) in [5, 5.41) is 7.57. The zero-order valence-corrected chi connectivity index (χ0v) is 17.4. The number of nitrogens with one attached hydrogen (secondary N) is 1. The Morgan fingerprint density at radius 1 is 1.23 bits per heavy atom. The molecule has 0 saturated heterocycles. The molecule has 0 aliphatic heterocycles. The number of ether oxygens (including phenoxy) is 1. The fourth-order valence-corrected chi connectivity index (χ4v) is 2.93. The van der Waals surface area contributed by atoms with Crippen LogP contribution < -0.4 is 10.1 Å². The van der Waals surface area contributed by atoms with Gasteiger partial charge in [-0.05, 0) is 48.5 Å². The first-order chi connectivity index (χ1) is 15.1. The highest BCUT2D eigenvalue weighted by molar-refractivity contribution is 6.30. The second kappa shape index (κ2) is 9.36. The highest BCUT2D eigenvalue weighted by Crippen LogP contribution is 2.20. The normalized spacial score (nSPS) is 11.2. The summed E-state index contributed by atoms with van der Waals surface area (Å²) in [5.41, 5.74) is 0.760. The van der Waals surface area contributed by atoms with Crippen molar-refractivity contribution < 1.29 is 18.4 Å². The van der Waals surface area contributed by atoms with E-state index in [4.69, 9.17) is 25.2 Å². The number of amides is 1. The molecule has 3 aromatic heterocycles. The van der Waals surface area contributed by atoms with Gasteiger partial charge in [0.15, 0.2) is 5.69 Å². The van der Waals surface area contributed by atoms with Crippen LogP contribution in [0.5, 0.6) is 5.75 Å². The molecule has 158 valence electrons. The van der Waals surface area contributed by atoms with Gasteiger partial charge in [0, 0.05) is 12.1 Å². The lowest BCUT2D eigenvalue weighted by Crippen LogP contribution is -2.25. The third-order valence-corrected chi connectivity index (χ3v) is 4.60. The Morgan fingerprint density at radius 3 is 2.84 bits per heavy atom. The first-order valence-electron chi connectivity index (χ1n) is 9.42. The summed E-state index contributed by atoms with van der Waals surface area (Å²) in [7, 11) is 1.68. The van der Waals surface area contributed by atoms with E-state index in [-0.39, 0.29) is 19.1 Å². The molecule has 4 rings (SSSR count). The Morgan fingerprint density at radius 2 is 2.06 bits per heavy atom. The van der Waals surface area contributed by atoms with Gasteiger partial charge in [-0.2, -0.15) is 5.10 Å².